The van der Waals surface area contributed by atoms with Gasteiger partial charge in [-0.3, -0.25) is 10.1 Å². The Hall–Kier alpha value is -1.82. The fourth-order valence-corrected chi connectivity index (χ4v) is 2.16. The zero-order valence-corrected chi connectivity index (χ0v) is 11.8. The molecular weight excluding hydrogens is 260 g/mol. The molecule has 6 nitrogen and oxygen atoms in total. The van der Waals surface area contributed by atoms with E-state index in [1.165, 1.54) is 12.1 Å². The quantitative estimate of drug-likeness (QED) is 0.618. The van der Waals surface area contributed by atoms with Crippen LogP contribution in [-0.2, 0) is 0 Å². The number of non-ortho nitro benzene ring substituents is 1. The third-order valence-electron chi connectivity index (χ3n) is 3.38. The van der Waals surface area contributed by atoms with Gasteiger partial charge in [-0.25, -0.2) is 0 Å². The topological polar surface area (TPSA) is 84.6 Å². The number of nitrogens with one attached hydrogen (secondary N) is 1. The maximum absolute atomic E-state index is 10.9. The first-order chi connectivity index (χ1) is 9.38. The molecule has 0 bridgehead atoms. The Morgan fingerprint density at radius 2 is 2.15 bits per heavy atom. The summed E-state index contributed by atoms with van der Waals surface area (Å²) in [4.78, 5) is 10.5. The Bertz CT molecular complexity index is 498. The van der Waals surface area contributed by atoms with Crippen LogP contribution in [0.2, 0.25) is 0 Å². The van der Waals surface area contributed by atoms with Gasteiger partial charge in [-0.1, -0.05) is 0 Å². The van der Waals surface area contributed by atoms with Gasteiger partial charge in [0.25, 0.3) is 5.69 Å². The van der Waals surface area contributed by atoms with E-state index in [-0.39, 0.29) is 11.8 Å². The van der Waals surface area contributed by atoms with Crippen LogP contribution in [0.1, 0.15) is 33.1 Å². The van der Waals surface area contributed by atoms with E-state index < -0.39 is 10.5 Å². The van der Waals surface area contributed by atoms with E-state index in [0.29, 0.717) is 18.0 Å². The molecule has 1 fully saturated rings. The molecule has 110 valence electrons. The van der Waals surface area contributed by atoms with Gasteiger partial charge in [0.15, 0.2) is 0 Å². The fraction of sp³-hybridized carbons (Fsp3) is 0.571. The highest BCUT2D eigenvalue weighted by Gasteiger charge is 2.34. The molecule has 0 heterocycles. The number of nitro groups is 1. The van der Waals surface area contributed by atoms with Crippen molar-refractivity contribution < 1.29 is 14.8 Å². The summed E-state index contributed by atoms with van der Waals surface area (Å²) in [6.07, 6.45) is 2.50. The van der Waals surface area contributed by atoms with Crippen molar-refractivity contribution in [1.82, 2.24) is 0 Å². The number of hydrogen-bond acceptors (Lipinski definition) is 5. The van der Waals surface area contributed by atoms with E-state index in [1.54, 1.807) is 6.07 Å². The van der Waals surface area contributed by atoms with Crippen LogP contribution < -0.4 is 10.1 Å². The predicted octanol–water partition coefficient (Wildman–Crippen LogP) is 2.71. The first-order valence-electron chi connectivity index (χ1n) is 6.80. The molecule has 2 N–H and O–H groups in total. The normalized spacial score (nSPS) is 16.6. The van der Waals surface area contributed by atoms with Gasteiger partial charge in [0.2, 0.25) is 0 Å². The van der Waals surface area contributed by atoms with E-state index >= 15 is 0 Å². The van der Waals surface area contributed by atoms with Gasteiger partial charge in [-0.05, 0) is 33.1 Å². The smallest absolute Gasteiger partial charge is 0.275 e. The van der Waals surface area contributed by atoms with Crippen LogP contribution in [0.5, 0.6) is 5.75 Å². The molecule has 1 aliphatic carbocycles. The Balaban J connectivity index is 2.13. The molecule has 0 radical (unpaired) electrons. The van der Waals surface area contributed by atoms with Crippen LogP contribution in [0.4, 0.5) is 11.4 Å². The van der Waals surface area contributed by atoms with Gasteiger partial charge in [0.05, 0.1) is 22.7 Å². The number of ether oxygens (including phenoxy) is 1. The molecule has 0 atom stereocenters. The van der Waals surface area contributed by atoms with Crippen molar-refractivity contribution >= 4 is 11.4 Å². The molecule has 1 aliphatic rings. The number of aliphatic hydroxyl groups is 1. The largest absolute Gasteiger partial charge is 0.491 e. The van der Waals surface area contributed by atoms with Crippen LogP contribution in [0.15, 0.2) is 18.2 Å². The summed E-state index contributed by atoms with van der Waals surface area (Å²) in [5.74, 6) is 0.456. The Labute approximate surface area is 117 Å². The molecule has 20 heavy (non-hydrogen) atoms. The number of anilines is 1. The van der Waals surface area contributed by atoms with Crippen LogP contribution >= 0.6 is 0 Å². The van der Waals surface area contributed by atoms with Crippen LogP contribution in [0.3, 0.4) is 0 Å². The van der Waals surface area contributed by atoms with Crippen molar-refractivity contribution in [3.05, 3.63) is 28.3 Å². The molecule has 1 aromatic carbocycles. The lowest BCUT2D eigenvalue weighted by atomic mass is 9.80. The van der Waals surface area contributed by atoms with Gasteiger partial charge in [-0.15, -0.1) is 0 Å². The summed E-state index contributed by atoms with van der Waals surface area (Å²) >= 11 is 0. The summed E-state index contributed by atoms with van der Waals surface area (Å²) in [6.45, 7) is 4.13. The summed E-state index contributed by atoms with van der Waals surface area (Å²) < 4.78 is 5.51. The van der Waals surface area contributed by atoms with Gasteiger partial charge in [-0.2, -0.15) is 0 Å². The van der Waals surface area contributed by atoms with Crippen molar-refractivity contribution in [2.75, 3.05) is 11.9 Å². The maximum Gasteiger partial charge on any atom is 0.275 e. The Kier molecular flexibility index (Phi) is 4.13. The lowest BCUT2D eigenvalue weighted by molar-refractivity contribution is -0.384. The molecule has 0 aromatic heterocycles. The number of nitrogens with zero attached hydrogens (tertiary/aromatic N) is 1. The molecule has 2 rings (SSSR count). The molecule has 6 heteroatoms. The standard InChI is InChI=1S/C14H20N2O4/c1-10(2)20-13-7-11(6-12(8-13)16(18)19)15-9-14(17)4-3-5-14/h6-8,10,15,17H,3-5,9H2,1-2H3. The Morgan fingerprint density at radius 1 is 1.45 bits per heavy atom. The van der Waals surface area contributed by atoms with Crippen molar-refractivity contribution in [1.29, 1.82) is 0 Å². The SMILES string of the molecule is CC(C)Oc1cc(NCC2(O)CCC2)cc([N+](=O)[O-])c1. The third-order valence-corrected chi connectivity index (χ3v) is 3.38. The molecule has 0 saturated heterocycles. The highest BCUT2D eigenvalue weighted by atomic mass is 16.6. The first-order valence-corrected chi connectivity index (χ1v) is 6.80. The number of hydrogen-bond donors (Lipinski definition) is 2. The van der Waals surface area contributed by atoms with Crippen molar-refractivity contribution in [3.63, 3.8) is 0 Å². The first kappa shape index (κ1) is 14.6. The molecule has 1 aromatic rings. The van der Waals surface area contributed by atoms with Crippen molar-refractivity contribution in [2.45, 2.75) is 44.8 Å². The summed E-state index contributed by atoms with van der Waals surface area (Å²) in [5.41, 5.74) is -0.106. The second-order valence-corrected chi connectivity index (χ2v) is 5.57. The van der Waals surface area contributed by atoms with Gasteiger partial charge in [0.1, 0.15) is 5.75 Å². The van der Waals surface area contributed by atoms with E-state index in [9.17, 15) is 15.2 Å². The summed E-state index contributed by atoms with van der Waals surface area (Å²) in [7, 11) is 0. The zero-order chi connectivity index (χ0) is 14.8. The molecular formula is C14H20N2O4. The van der Waals surface area contributed by atoms with E-state index in [1.807, 2.05) is 13.8 Å². The molecule has 1 saturated carbocycles. The van der Waals surface area contributed by atoms with E-state index in [4.69, 9.17) is 4.74 Å². The summed E-state index contributed by atoms with van der Waals surface area (Å²) in [6, 6.07) is 4.58. The number of rotatable bonds is 6. The van der Waals surface area contributed by atoms with E-state index in [2.05, 4.69) is 5.32 Å². The maximum atomic E-state index is 10.9. The minimum atomic E-state index is -0.677. The second kappa shape index (κ2) is 5.66. The average molecular weight is 280 g/mol. The number of nitro benzene ring substituents is 1. The third kappa shape index (κ3) is 3.60. The molecule has 0 aliphatic heterocycles. The van der Waals surface area contributed by atoms with Gasteiger partial charge >= 0.3 is 0 Å². The van der Waals surface area contributed by atoms with Crippen LogP contribution in [-0.4, -0.2) is 28.3 Å². The van der Waals surface area contributed by atoms with Gasteiger partial charge < -0.3 is 15.2 Å². The van der Waals surface area contributed by atoms with Gasteiger partial charge in [0, 0.05) is 24.4 Å². The lowest BCUT2D eigenvalue weighted by Gasteiger charge is -2.36. The minimum Gasteiger partial charge on any atom is -0.491 e. The number of benzene rings is 1. The molecule has 0 unspecified atom stereocenters. The minimum absolute atomic E-state index is 0.0220. The van der Waals surface area contributed by atoms with Crippen LogP contribution in [0, 0.1) is 10.1 Å². The highest BCUT2D eigenvalue weighted by molar-refractivity contribution is 5.56. The highest BCUT2D eigenvalue weighted by Crippen LogP contribution is 2.33. The monoisotopic (exact) mass is 280 g/mol. The van der Waals surface area contributed by atoms with E-state index in [0.717, 1.165) is 19.3 Å². The average Bonchev–Trinajstić information content (AvgIpc) is 2.33. The Morgan fingerprint density at radius 3 is 2.65 bits per heavy atom. The van der Waals surface area contributed by atoms with Crippen molar-refractivity contribution in [3.8, 4) is 5.75 Å². The second-order valence-electron chi connectivity index (χ2n) is 5.57. The molecule has 0 spiro atoms. The lowest BCUT2D eigenvalue weighted by Crippen LogP contribution is -2.43. The predicted molar refractivity (Wildman–Crippen MR) is 76.2 cm³/mol. The zero-order valence-electron chi connectivity index (χ0n) is 11.8. The van der Waals surface area contributed by atoms with Crippen molar-refractivity contribution in [2.24, 2.45) is 0 Å². The fourth-order valence-electron chi connectivity index (χ4n) is 2.16. The van der Waals surface area contributed by atoms with Crippen LogP contribution in [0.25, 0.3) is 0 Å². The summed E-state index contributed by atoms with van der Waals surface area (Å²) in [5, 5.41) is 24.0. The molecule has 0 amide bonds.